The molecule has 0 fully saturated rings. The van der Waals surface area contributed by atoms with Crippen LogP contribution in [-0.2, 0) is 5.75 Å². The van der Waals surface area contributed by atoms with Crippen molar-refractivity contribution in [2.75, 3.05) is 5.73 Å². The summed E-state index contributed by atoms with van der Waals surface area (Å²) in [7, 11) is 0. The number of hydrogen-bond acceptors (Lipinski definition) is 3. The Morgan fingerprint density at radius 3 is 2.74 bits per heavy atom. The normalized spacial score (nSPS) is 10.2. The molecule has 5 heteroatoms. The number of nitrogens with zero attached hydrogens (tertiary/aromatic N) is 1. The van der Waals surface area contributed by atoms with Gasteiger partial charge in [-0.3, -0.25) is 0 Å². The van der Waals surface area contributed by atoms with E-state index in [0.717, 1.165) is 9.37 Å². The van der Waals surface area contributed by atoms with Crippen LogP contribution in [0.1, 0.15) is 11.1 Å². The molecule has 2 rings (SSSR count). The Bertz CT molecular complexity index is 652. The quantitative estimate of drug-likeness (QED) is 0.670. The van der Waals surface area contributed by atoms with E-state index in [0.29, 0.717) is 22.6 Å². The molecule has 0 aromatic heterocycles. The summed E-state index contributed by atoms with van der Waals surface area (Å²) >= 11 is 4.96. The summed E-state index contributed by atoms with van der Waals surface area (Å²) in [5.74, 6) is 0.203. The van der Waals surface area contributed by atoms with Gasteiger partial charge in [-0.25, -0.2) is 4.39 Å². The van der Waals surface area contributed by atoms with Crippen LogP contribution in [0, 0.1) is 17.1 Å². The molecule has 0 heterocycles. The van der Waals surface area contributed by atoms with Gasteiger partial charge in [-0.2, -0.15) is 5.26 Å². The first-order valence-corrected chi connectivity index (χ1v) is 7.24. The Hall–Kier alpha value is -1.51. The van der Waals surface area contributed by atoms with Crippen molar-refractivity contribution in [1.82, 2.24) is 0 Å². The van der Waals surface area contributed by atoms with Crippen LogP contribution >= 0.6 is 27.7 Å². The fourth-order valence-corrected chi connectivity index (χ4v) is 3.23. The number of hydrogen-bond donors (Lipinski definition) is 1. The van der Waals surface area contributed by atoms with Crippen molar-refractivity contribution in [3.8, 4) is 6.07 Å². The van der Waals surface area contributed by atoms with Gasteiger partial charge in [0.05, 0.1) is 11.6 Å². The fraction of sp³-hybridized carbons (Fsp3) is 0.0714. The van der Waals surface area contributed by atoms with E-state index in [2.05, 4.69) is 22.0 Å². The lowest BCUT2D eigenvalue weighted by molar-refractivity contribution is 0.626. The molecule has 0 aliphatic heterocycles. The molecular weight excluding hydrogens is 327 g/mol. The summed E-state index contributed by atoms with van der Waals surface area (Å²) in [4.78, 5) is 1.00. The first kappa shape index (κ1) is 13.9. The summed E-state index contributed by atoms with van der Waals surface area (Å²) in [5, 5.41) is 8.99. The molecule has 0 bridgehead atoms. The zero-order chi connectivity index (χ0) is 13.8. The van der Waals surface area contributed by atoms with Crippen LogP contribution in [0.2, 0.25) is 0 Å². The predicted octanol–water partition coefficient (Wildman–Crippen LogP) is 4.33. The van der Waals surface area contributed by atoms with Gasteiger partial charge in [0, 0.05) is 20.8 Å². The lowest BCUT2D eigenvalue weighted by atomic mass is 10.1. The van der Waals surface area contributed by atoms with Crippen molar-refractivity contribution in [2.24, 2.45) is 0 Å². The standard InChI is InChI=1S/C14H10BrFN2S/c15-13-6-12(18)3-4-14(13)19-8-10-5-11(16)2-1-9(10)7-17/h1-6H,8,18H2. The maximum Gasteiger partial charge on any atom is 0.123 e. The summed E-state index contributed by atoms with van der Waals surface area (Å²) in [6.07, 6.45) is 0. The fourth-order valence-electron chi connectivity index (χ4n) is 1.58. The summed E-state index contributed by atoms with van der Waals surface area (Å²) < 4.78 is 14.1. The molecule has 96 valence electrons. The average Bonchev–Trinajstić information content (AvgIpc) is 2.38. The van der Waals surface area contributed by atoms with Gasteiger partial charge in [-0.15, -0.1) is 11.8 Å². The monoisotopic (exact) mass is 336 g/mol. The molecule has 0 radical (unpaired) electrons. The molecule has 19 heavy (non-hydrogen) atoms. The van der Waals surface area contributed by atoms with E-state index in [1.54, 1.807) is 0 Å². The minimum atomic E-state index is -0.328. The van der Waals surface area contributed by atoms with Crippen molar-refractivity contribution in [2.45, 2.75) is 10.6 Å². The Morgan fingerprint density at radius 2 is 2.05 bits per heavy atom. The van der Waals surface area contributed by atoms with Gasteiger partial charge < -0.3 is 5.73 Å². The number of nitrogens with two attached hydrogens (primary N) is 1. The molecule has 0 amide bonds. The van der Waals surface area contributed by atoms with Crippen molar-refractivity contribution in [1.29, 1.82) is 5.26 Å². The van der Waals surface area contributed by atoms with E-state index in [9.17, 15) is 4.39 Å². The molecule has 2 aromatic carbocycles. The first-order valence-electron chi connectivity index (χ1n) is 5.46. The van der Waals surface area contributed by atoms with Crippen LogP contribution in [0.5, 0.6) is 0 Å². The molecule has 2 N–H and O–H groups in total. The number of rotatable bonds is 3. The van der Waals surface area contributed by atoms with Crippen LogP contribution in [-0.4, -0.2) is 0 Å². The molecule has 0 saturated heterocycles. The summed E-state index contributed by atoms with van der Waals surface area (Å²) in [5.41, 5.74) is 7.54. The number of nitrogen functional groups attached to an aromatic ring is 1. The molecular formula is C14H10BrFN2S. The highest BCUT2D eigenvalue weighted by Gasteiger charge is 2.07. The van der Waals surface area contributed by atoms with Gasteiger partial charge >= 0.3 is 0 Å². The number of nitriles is 1. The van der Waals surface area contributed by atoms with Gasteiger partial charge in [0.25, 0.3) is 0 Å². The maximum atomic E-state index is 13.2. The Kier molecular flexibility index (Phi) is 4.46. The minimum Gasteiger partial charge on any atom is -0.399 e. The molecule has 0 aliphatic carbocycles. The maximum absolute atomic E-state index is 13.2. The zero-order valence-corrected chi connectivity index (χ0v) is 12.3. The van der Waals surface area contributed by atoms with Crippen LogP contribution in [0.15, 0.2) is 45.8 Å². The summed E-state index contributed by atoms with van der Waals surface area (Å²) in [6, 6.07) is 11.8. The van der Waals surface area contributed by atoms with E-state index >= 15 is 0 Å². The van der Waals surface area contributed by atoms with Gasteiger partial charge in [-0.1, -0.05) is 0 Å². The SMILES string of the molecule is N#Cc1ccc(F)cc1CSc1ccc(N)cc1Br. The predicted molar refractivity (Wildman–Crippen MR) is 79.2 cm³/mol. The second kappa shape index (κ2) is 6.09. The van der Waals surface area contributed by atoms with Crippen molar-refractivity contribution < 1.29 is 4.39 Å². The highest BCUT2D eigenvalue weighted by atomic mass is 79.9. The number of thioether (sulfide) groups is 1. The van der Waals surface area contributed by atoms with E-state index < -0.39 is 0 Å². The second-order valence-electron chi connectivity index (χ2n) is 3.89. The smallest absolute Gasteiger partial charge is 0.123 e. The van der Waals surface area contributed by atoms with Crippen molar-refractivity contribution in [3.05, 3.63) is 57.8 Å². The number of anilines is 1. The van der Waals surface area contributed by atoms with Gasteiger partial charge in [0.15, 0.2) is 0 Å². The largest absolute Gasteiger partial charge is 0.399 e. The topological polar surface area (TPSA) is 49.8 Å². The van der Waals surface area contributed by atoms with E-state index in [1.807, 2.05) is 18.2 Å². The number of benzene rings is 2. The third-order valence-corrected chi connectivity index (χ3v) is 4.57. The van der Waals surface area contributed by atoms with E-state index in [1.165, 1.54) is 30.0 Å². The van der Waals surface area contributed by atoms with E-state index in [-0.39, 0.29) is 5.82 Å². The molecule has 0 spiro atoms. The van der Waals surface area contributed by atoms with Gasteiger partial charge in [0.1, 0.15) is 5.82 Å². The highest BCUT2D eigenvalue weighted by molar-refractivity contribution is 9.10. The van der Waals surface area contributed by atoms with E-state index in [4.69, 9.17) is 11.0 Å². The average molecular weight is 337 g/mol. The van der Waals surface area contributed by atoms with Crippen LogP contribution in [0.4, 0.5) is 10.1 Å². The lowest BCUT2D eigenvalue weighted by Crippen LogP contribution is -1.90. The summed E-state index contributed by atoms with van der Waals surface area (Å²) in [6.45, 7) is 0. The zero-order valence-electron chi connectivity index (χ0n) is 9.86. The molecule has 2 aromatic rings. The molecule has 0 saturated carbocycles. The van der Waals surface area contributed by atoms with Crippen molar-refractivity contribution in [3.63, 3.8) is 0 Å². The second-order valence-corrected chi connectivity index (χ2v) is 5.76. The molecule has 0 aliphatic rings. The Balaban J connectivity index is 2.19. The molecule has 0 unspecified atom stereocenters. The first-order chi connectivity index (χ1) is 9.10. The molecule has 2 nitrogen and oxygen atoms in total. The van der Waals surface area contributed by atoms with Crippen LogP contribution < -0.4 is 5.73 Å². The van der Waals surface area contributed by atoms with Crippen molar-refractivity contribution >= 4 is 33.4 Å². The van der Waals surface area contributed by atoms with Gasteiger partial charge in [0.2, 0.25) is 0 Å². The lowest BCUT2D eigenvalue weighted by Gasteiger charge is -2.07. The molecule has 0 atom stereocenters. The van der Waals surface area contributed by atoms with Gasteiger partial charge in [-0.05, 0) is 57.9 Å². The highest BCUT2D eigenvalue weighted by Crippen LogP contribution is 2.32. The van der Waals surface area contributed by atoms with Crippen LogP contribution in [0.3, 0.4) is 0 Å². The third-order valence-electron chi connectivity index (χ3n) is 2.53. The Morgan fingerprint density at radius 1 is 1.26 bits per heavy atom. The number of halogens is 2. The Labute approximate surface area is 123 Å². The van der Waals surface area contributed by atoms with Crippen LogP contribution in [0.25, 0.3) is 0 Å². The third kappa shape index (κ3) is 3.49. The minimum absolute atomic E-state index is 0.328.